The lowest BCUT2D eigenvalue weighted by molar-refractivity contribution is -0.113. The van der Waals surface area contributed by atoms with Crippen molar-refractivity contribution in [3.8, 4) is 0 Å². The summed E-state index contributed by atoms with van der Waals surface area (Å²) in [6, 6.07) is 10.9. The van der Waals surface area contributed by atoms with Gasteiger partial charge in [0.05, 0.1) is 34.6 Å². The van der Waals surface area contributed by atoms with Crippen molar-refractivity contribution in [2.24, 2.45) is 5.92 Å². The van der Waals surface area contributed by atoms with E-state index < -0.39 is 12.0 Å². The molecule has 0 saturated carbocycles. The summed E-state index contributed by atoms with van der Waals surface area (Å²) in [4.78, 5) is 37.8. The first kappa shape index (κ1) is 30.5. The van der Waals surface area contributed by atoms with Crippen LogP contribution in [-0.4, -0.2) is 44.9 Å². The Morgan fingerprint density at radius 3 is 2.51 bits per heavy atom. The monoisotopic (exact) mass is 591 g/mol. The molecule has 9 nitrogen and oxygen atoms in total. The van der Waals surface area contributed by atoms with E-state index in [1.54, 1.807) is 36.4 Å². The minimum atomic E-state index is -0.449. The zero-order chi connectivity index (χ0) is 28.5. The van der Waals surface area contributed by atoms with Crippen molar-refractivity contribution in [3.63, 3.8) is 0 Å². The van der Waals surface area contributed by atoms with Crippen LogP contribution in [0.1, 0.15) is 66.7 Å². The third kappa shape index (κ3) is 8.20. The number of amides is 2. The highest BCUT2D eigenvalue weighted by atomic mass is 35.5. The fraction of sp³-hybridized carbons (Fsp3) is 0.370. The molecular weight excluding hydrogens is 561 g/mol. The van der Waals surface area contributed by atoms with Crippen LogP contribution in [0, 0.1) is 5.92 Å². The van der Waals surface area contributed by atoms with Crippen LogP contribution in [0.15, 0.2) is 47.6 Å². The van der Waals surface area contributed by atoms with Crippen LogP contribution in [-0.2, 0) is 16.1 Å². The zero-order valence-corrected chi connectivity index (χ0v) is 24.5. The Labute approximate surface area is 242 Å². The van der Waals surface area contributed by atoms with Gasteiger partial charge in [0, 0.05) is 17.3 Å². The first-order valence-corrected chi connectivity index (χ1v) is 14.3. The number of anilines is 1. The maximum absolute atomic E-state index is 13.0. The summed E-state index contributed by atoms with van der Waals surface area (Å²) in [6.45, 7) is 8.66. The zero-order valence-electron chi connectivity index (χ0n) is 22.2. The molecule has 0 aliphatic rings. The highest BCUT2D eigenvalue weighted by Crippen LogP contribution is 2.27. The van der Waals surface area contributed by atoms with E-state index in [1.807, 2.05) is 32.3 Å². The van der Waals surface area contributed by atoms with Gasteiger partial charge in [0.1, 0.15) is 0 Å². The third-order valence-electron chi connectivity index (χ3n) is 5.62. The van der Waals surface area contributed by atoms with Crippen LogP contribution in [0.4, 0.5) is 5.69 Å². The number of esters is 1. The lowest BCUT2D eigenvalue weighted by Crippen LogP contribution is -2.34. The van der Waals surface area contributed by atoms with Crippen molar-refractivity contribution in [2.45, 2.75) is 51.9 Å². The van der Waals surface area contributed by atoms with Crippen molar-refractivity contribution >= 4 is 58.4 Å². The van der Waals surface area contributed by atoms with Crippen LogP contribution >= 0.6 is 35.0 Å². The number of thioether (sulfide) groups is 1. The Morgan fingerprint density at radius 2 is 1.85 bits per heavy atom. The van der Waals surface area contributed by atoms with Gasteiger partial charge in [-0.2, -0.15) is 0 Å². The lowest BCUT2D eigenvalue weighted by atomic mass is 10.0. The molecule has 3 rings (SSSR count). The van der Waals surface area contributed by atoms with E-state index in [0.29, 0.717) is 46.0 Å². The molecule has 0 aliphatic carbocycles. The highest BCUT2D eigenvalue weighted by Gasteiger charge is 2.27. The first-order chi connectivity index (χ1) is 18.6. The molecule has 0 saturated heterocycles. The van der Waals surface area contributed by atoms with E-state index in [4.69, 9.17) is 27.9 Å². The Kier molecular flexibility index (Phi) is 11.2. The fourth-order valence-corrected chi connectivity index (χ4v) is 4.99. The van der Waals surface area contributed by atoms with Crippen LogP contribution in [0.3, 0.4) is 0 Å². The summed E-state index contributed by atoms with van der Waals surface area (Å²) >= 11 is 13.4. The minimum Gasteiger partial charge on any atom is -0.462 e. The van der Waals surface area contributed by atoms with E-state index in [2.05, 4.69) is 20.8 Å². The second kappa shape index (κ2) is 14.3. The molecule has 0 bridgehead atoms. The van der Waals surface area contributed by atoms with Gasteiger partial charge in [-0.3, -0.25) is 9.59 Å². The fourth-order valence-electron chi connectivity index (χ4n) is 3.69. The van der Waals surface area contributed by atoms with Crippen LogP contribution in [0.5, 0.6) is 0 Å². The molecule has 0 aliphatic heterocycles. The molecular formula is C27H31Cl2N5O4S. The highest BCUT2D eigenvalue weighted by molar-refractivity contribution is 7.99. The first-order valence-electron chi connectivity index (χ1n) is 12.5. The maximum atomic E-state index is 13.0. The summed E-state index contributed by atoms with van der Waals surface area (Å²) in [5.41, 5.74) is 1.17. The van der Waals surface area contributed by atoms with E-state index in [9.17, 15) is 14.4 Å². The molecule has 0 unspecified atom stereocenters. The van der Waals surface area contributed by atoms with Gasteiger partial charge < -0.3 is 19.9 Å². The molecule has 3 aromatic rings. The van der Waals surface area contributed by atoms with Crippen molar-refractivity contribution < 1.29 is 19.1 Å². The Balaban J connectivity index is 1.68. The second-order valence-corrected chi connectivity index (χ2v) is 10.7. The van der Waals surface area contributed by atoms with Crippen molar-refractivity contribution in [2.75, 3.05) is 17.7 Å². The molecule has 0 spiro atoms. The molecule has 0 radical (unpaired) electrons. The van der Waals surface area contributed by atoms with Gasteiger partial charge in [-0.15, -0.1) is 10.2 Å². The van der Waals surface area contributed by atoms with Crippen molar-refractivity contribution in [1.29, 1.82) is 0 Å². The number of ether oxygens (including phenoxy) is 1. The third-order valence-corrected chi connectivity index (χ3v) is 7.14. The van der Waals surface area contributed by atoms with E-state index >= 15 is 0 Å². The number of nitrogens with one attached hydrogen (secondary N) is 2. The normalized spacial score (nSPS) is 11.8. The van der Waals surface area contributed by atoms with E-state index in [0.717, 1.165) is 6.42 Å². The van der Waals surface area contributed by atoms with E-state index in [-0.39, 0.29) is 28.5 Å². The molecule has 1 heterocycles. The smallest absolute Gasteiger partial charge is 0.338 e. The molecule has 2 amide bonds. The van der Waals surface area contributed by atoms with Gasteiger partial charge in [-0.05, 0) is 55.7 Å². The quantitative estimate of drug-likeness (QED) is 0.195. The number of halogens is 2. The van der Waals surface area contributed by atoms with Crippen LogP contribution in [0.2, 0.25) is 10.0 Å². The SMILES string of the molecule is CCCOC(=O)c1cccc(NC(=O)CSc2nnc([C@H](NC(=O)c3ccc(Cl)cc3Cl)C(C)C)n2CC)c1. The Hall–Kier alpha value is -3.08. The number of nitrogens with zero attached hydrogens (tertiary/aromatic N) is 3. The number of hydrogen-bond donors (Lipinski definition) is 2. The van der Waals surface area contributed by atoms with E-state index in [1.165, 1.54) is 17.8 Å². The van der Waals surface area contributed by atoms with Gasteiger partial charge in [0.15, 0.2) is 11.0 Å². The number of carbonyl (C=O) groups excluding carboxylic acids is 3. The maximum Gasteiger partial charge on any atom is 0.338 e. The van der Waals surface area contributed by atoms with Crippen molar-refractivity contribution in [3.05, 3.63) is 69.5 Å². The number of carbonyl (C=O) groups is 3. The molecule has 2 N–H and O–H groups in total. The summed E-state index contributed by atoms with van der Waals surface area (Å²) in [5.74, 6) is -0.412. The van der Waals surface area contributed by atoms with Gasteiger partial charge in [-0.1, -0.05) is 61.8 Å². The second-order valence-electron chi connectivity index (χ2n) is 8.96. The lowest BCUT2D eigenvalue weighted by Gasteiger charge is -2.22. The Bertz CT molecular complexity index is 1330. The standard InChI is InChI=1S/C27H31Cl2N5O4S/c1-5-12-38-26(37)17-8-7-9-19(13-17)30-22(35)15-39-27-33-32-24(34(27)6-2)23(16(3)4)31-25(36)20-11-10-18(28)14-21(20)29/h7-11,13-14,16,23H,5-6,12,15H2,1-4H3,(H,30,35)(H,31,36)/t23-/m1/s1. The number of benzene rings is 2. The van der Waals surface area contributed by atoms with Gasteiger partial charge >= 0.3 is 5.97 Å². The molecule has 12 heteroatoms. The summed E-state index contributed by atoms with van der Waals surface area (Å²) in [7, 11) is 0. The predicted octanol–water partition coefficient (Wildman–Crippen LogP) is 6.03. The molecule has 39 heavy (non-hydrogen) atoms. The molecule has 208 valence electrons. The largest absolute Gasteiger partial charge is 0.462 e. The minimum absolute atomic E-state index is 0.00744. The summed E-state index contributed by atoms with van der Waals surface area (Å²) in [5, 5.41) is 15.7. The predicted molar refractivity (Wildman–Crippen MR) is 154 cm³/mol. The number of aromatic nitrogens is 3. The summed E-state index contributed by atoms with van der Waals surface area (Å²) < 4.78 is 7.03. The van der Waals surface area contributed by atoms with Gasteiger partial charge in [0.25, 0.3) is 5.91 Å². The topological polar surface area (TPSA) is 115 Å². The average molecular weight is 593 g/mol. The number of hydrogen-bond acceptors (Lipinski definition) is 7. The van der Waals surface area contributed by atoms with Crippen LogP contribution < -0.4 is 10.6 Å². The summed E-state index contributed by atoms with van der Waals surface area (Å²) in [6.07, 6.45) is 0.727. The van der Waals surface area contributed by atoms with Gasteiger partial charge in [0.2, 0.25) is 5.91 Å². The van der Waals surface area contributed by atoms with Crippen LogP contribution in [0.25, 0.3) is 0 Å². The molecule has 1 atom stereocenters. The molecule has 1 aromatic heterocycles. The average Bonchev–Trinajstić information content (AvgIpc) is 3.31. The Morgan fingerprint density at radius 1 is 1.08 bits per heavy atom. The number of rotatable bonds is 12. The van der Waals surface area contributed by atoms with Crippen molar-refractivity contribution in [1.82, 2.24) is 20.1 Å². The molecule has 0 fully saturated rings. The van der Waals surface area contributed by atoms with Gasteiger partial charge in [-0.25, -0.2) is 4.79 Å². The molecule has 2 aromatic carbocycles.